The van der Waals surface area contributed by atoms with Crippen molar-refractivity contribution in [3.63, 3.8) is 0 Å². The monoisotopic (exact) mass is 907 g/mol. The topological polar surface area (TPSA) is 156 Å². The zero-order valence-corrected chi connectivity index (χ0v) is 40.7. The fourth-order valence-corrected chi connectivity index (χ4v) is 15.4. The molecule has 15 heteroatoms. The van der Waals surface area contributed by atoms with Crippen LogP contribution < -0.4 is 30.5 Å². The third-order valence-corrected chi connectivity index (χ3v) is 19.0. The molecular formula is C49H53N7O5SSi2. The number of hydrogen-bond acceptors (Lipinski definition) is 9. The van der Waals surface area contributed by atoms with E-state index in [4.69, 9.17) is 18.6 Å². The minimum atomic E-state index is -3.04. The number of anilines is 1. The molecule has 0 bridgehead atoms. The third-order valence-electron chi connectivity index (χ3n) is 12.6. The van der Waals surface area contributed by atoms with Crippen LogP contribution in [0.3, 0.4) is 0 Å². The molecule has 2 aromatic heterocycles. The number of aromatic amines is 1. The molecule has 0 spiro atoms. The SMILES string of the molecule is CCC(O[Si](c1ccccc1)(c1ccccc1)C(C)(C)C)[C@@H]1C[C@@H](C(C)N=[N+]=[N-])[C@H](n2c(=O)sc3c(=O)[nH]c(NC(c4ccccc4)(c4ccccc4)c4ccc(O[SiH3])cc4)nc32)O1. The van der Waals surface area contributed by atoms with E-state index in [1.807, 2.05) is 104 Å². The highest BCUT2D eigenvalue weighted by molar-refractivity contribution is 7.16. The molecule has 7 aromatic rings. The van der Waals surface area contributed by atoms with Gasteiger partial charge in [-0.15, -0.1) is 0 Å². The highest BCUT2D eigenvalue weighted by Gasteiger charge is 2.54. The number of benzene rings is 5. The van der Waals surface area contributed by atoms with Gasteiger partial charge in [0.1, 0.15) is 22.2 Å². The summed E-state index contributed by atoms with van der Waals surface area (Å²) in [4.78, 5) is 39.4. The number of H-pyrrole nitrogens is 1. The minimum absolute atomic E-state index is 0.149. The Hall–Kier alpha value is -6.07. The van der Waals surface area contributed by atoms with Gasteiger partial charge in [0.05, 0.1) is 12.2 Å². The summed E-state index contributed by atoms with van der Waals surface area (Å²) in [6, 6.07) is 48.1. The number of fused-ring (bicyclic) bond motifs is 1. The lowest BCUT2D eigenvalue weighted by molar-refractivity contribution is -0.0613. The normalized spacial score (nSPS) is 17.7. The predicted molar refractivity (Wildman–Crippen MR) is 261 cm³/mol. The van der Waals surface area contributed by atoms with Crippen molar-refractivity contribution >= 4 is 56.8 Å². The van der Waals surface area contributed by atoms with Crippen molar-refractivity contribution < 1.29 is 13.6 Å². The number of azide groups is 1. The van der Waals surface area contributed by atoms with Crippen LogP contribution in [0.15, 0.2) is 160 Å². The van der Waals surface area contributed by atoms with Crippen molar-refractivity contribution in [1.29, 1.82) is 0 Å². The van der Waals surface area contributed by atoms with Crippen LogP contribution >= 0.6 is 11.3 Å². The lowest BCUT2D eigenvalue weighted by Gasteiger charge is -2.46. The first-order valence-electron chi connectivity index (χ1n) is 21.6. The second-order valence-corrected chi connectivity index (χ2v) is 22.9. The van der Waals surface area contributed by atoms with Crippen LogP contribution in [0.4, 0.5) is 5.95 Å². The molecule has 1 saturated heterocycles. The van der Waals surface area contributed by atoms with Crippen molar-refractivity contribution in [3.05, 3.63) is 193 Å². The first-order valence-corrected chi connectivity index (χ1v) is 25.2. The van der Waals surface area contributed by atoms with E-state index in [1.165, 1.54) is 4.57 Å². The predicted octanol–water partition coefficient (Wildman–Crippen LogP) is 8.17. The van der Waals surface area contributed by atoms with Gasteiger partial charge in [0.15, 0.2) is 5.65 Å². The van der Waals surface area contributed by atoms with Crippen LogP contribution in [-0.4, -0.2) is 51.6 Å². The van der Waals surface area contributed by atoms with Gasteiger partial charge in [-0.25, -0.2) is 0 Å². The van der Waals surface area contributed by atoms with Gasteiger partial charge in [-0.2, -0.15) is 4.98 Å². The Balaban J connectivity index is 1.25. The molecule has 0 aliphatic carbocycles. The van der Waals surface area contributed by atoms with E-state index in [-0.39, 0.29) is 21.3 Å². The summed E-state index contributed by atoms with van der Waals surface area (Å²) in [6.07, 6.45) is -0.783. The van der Waals surface area contributed by atoms with E-state index in [9.17, 15) is 15.1 Å². The average molecular weight is 908 g/mol. The smallest absolute Gasteiger partial charge is 0.311 e. The van der Waals surface area contributed by atoms with Gasteiger partial charge in [0.25, 0.3) is 13.9 Å². The molecular weight excluding hydrogens is 855 g/mol. The molecule has 8 rings (SSSR count). The second-order valence-electron chi connectivity index (χ2n) is 17.3. The molecule has 0 amide bonds. The van der Waals surface area contributed by atoms with E-state index in [0.717, 1.165) is 44.2 Å². The number of nitrogens with zero attached hydrogens (tertiary/aromatic N) is 5. The van der Waals surface area contributed by atoms with Gasteiger partial charge in [0, 0.05) is 16.9 Å². The van der Waals surface area contributed by atoms with Crippen molar-refractivity contribution in [3.8, 4) is 5.75 Å². The summed E-state index contributed by atoms with van der Waals surface area (Å²) in [5.74, 6) is 0.443. The zero-order chi connectivity index (χ0) is 45.1. The Morgan fingerprint density at radius 3 is 1.92 bits per heavy atom. The summed E-state index contributed by atoms with van der Waals surface area (Å²) in [5, 5.41) is 9.81. The summed E-state index contributed by atoms with van der Waals surface area (Å²) in [5.41, 5.74) is 11.0. The summed E-state index contributed by atoms with van der Waals surface area (Å²) in [7, 11) is -2.50. The van der Waals surface area contributed by atoms with E-state index in [0.29, 0.717) is 23.3 Å². The van der Waals surface area contributed by atoms with Crippen LogP contribution in [0.25, 0.3) is 20.8 Å². The average Bonchev–Trinajstić information content (AvgIpc) is 3.90. The molecule has 0 saturated carbocycles. The molecule has 0 radical (unpaired) electrons. The molecule has 2 unspecified atom stereocenters. The van der Waals surface area contributed by atoms with Crippen LogP contribution in [0.5, 0.6) is 5.75 Å². The lowest BCUT2D eigenvalue weighted by atomic mass is 9.77. The van der Waals surface area contributed by atoms with Gasteiger partial charge in [0.2, 0.25) is 16.4 Å². The van der Waals surface area contributed by atoms with Gasteiger partial charge in [-0.05, 0) is 62.6 Å². The maximum absolute atomic E-state index is 14.4. The molecule has 2 N–H and O–H groups in total. The van der Waals surface area contributed by atoms with Crippen LogP contribution in [0.2, 0.25) is 5.04 Å². The molecule has 328 valence electrons. The Morgan fingerprint density at radius 1 is 0.891 bits per heavy atom. The standard InChI is InChI=1S/C49H53N7O5SSi2/c1-6-40(61-64(48(3,4)5,37-23-15-9-16-24-37)38-25-17-10-18-26-38)41-31-39(32(2)54-55-50)45(59-41)56-43-42(62-47(56)58)44(57)52-46(51-43)53-49(33-19-11-7-12-20-33,34-21-13-8-14-22-34)35-27-29-36(60-63)30-28-35/h7-30,32,39-41,45H,6,31H2,1-5,63H3,(H2,51,52,53,57)/t32?,39-,40?,41-,45+/m0/s1. The van der Waals surface area contributed by atoms with Crippen LogP contribution in [-0.2, 0) is 14.7 Å². The number of hydrogen-bond donors (Lipinski definition) is 2. The Kier molecular flexibility index (Phi) is 12.9. The maximum Gasteiger partial charge on any atom is 0.311 e. The highest BCUT2D eigenvalue weighted by Crippen LogP contribution is 2.45. The van der Waals surface area contributed by atoms with E-state index in [1.54, 1.807) is 0 Å². The quantitative estimate of drug-likeness (QED) is 0.0346. The number of ether oxygens (including phenoxy) is 1. The summed E-state index contributed by atoms with van der Waals surface area (Å²) >= 11 is 0.818. The number of thiazole rings is 1. The van der Waals surface area contributed by atoms with Gasteiger partial charge >= 0.3 is 4.87 Å². The Morgan fingerprint density at radius 2 is 1.42 bits per heavy atom. The summed E-state index contributed by atoms with van der Waals surface area (Å²) < 4.78 is 22.0. The van der Waals surface area contributed by atoms with Crippen molar-refractivity contribution in [2.45, 2.75) is 82.5 Å². The molecule has 5 aromatic carbocycles. The van der Waals surface area contributed by atoms with Crippen LogP contribution in [0, 0.1) is 5.92 Å². The zero-order valence-electron chi connectivity index (χ0n) is 36.8. The van der Waals surface area contributed by atoms with Crippen molar-refractivity contribution in [2.75, 3.05) is 5.32 Å². The molecule has 64 heavy (non-hydrogen) atoms. The fraction of sp³-hybridized carbons (Fsp3) is 0.286. The molecule has 3 heterocycles. The largest absolute Gasteiger partial charge is 0.553 e. The molecule has 1 aliphatic rings. The first kappa shape index (κ1) is 44.5. The third kappa shape index (κ3) is 8.15. The van der Waals surface area contributed by atoms with Crippen molar-refractivity contribution in [2.24, 2.45) is 11.0 Å². The fourth-order valence-electron chi connectivity index (χ4n) is 9.48. The van der Waals surface area contributed by atoms with Gasteiger partial charge in [-0.1, -0.05) is 185 Å². The van der Waals surface area contributed by atoms with Gasteiger partial charge in [-0.3, -0.25) is 19.1 Å². The van der Waals surface area contributed by atoms with E-state index >= 15 is 0 Å². The summed E-state index contributed by atoms with van der Waals surface area (Å²) in [6.45, 7) is 10.6. The van der Waals surface area contributed by atoms with Crippen molar-refractivity contribution in [1.82, 2.24) is 14.5 Å². The number of rotatable bonds is 15. The van der Waals surface area contributed by atoms with E-state index in [2.05, 4.69) is 96.6 Å². The molecule has 12 nitrogen and oxygen atoms in total. The molecule has 5 atom stereocenters. The first-order chi connectivity index (χ1) is 30.9. The Labute approximate surface area is 380 Å². The van der Waals surface area contributed by atoms with Crippen LogP contribution in [0.1, 0.15) is 70.4 Å². The minimum Gasteiger partial charge on any atom is -0.553 e. The molecule has 1 fully saturated rings. The second kappa shape index (κ2) is 18.6. The molecule has 1 aliphatic heterocycles. The maximum atomic E-state index is 14.4. The van der Waals surface area contributed by atoms with E-state index < -0.39 is 54.7 Å². The lowest BCUT2D eigenvalue weighted by Crippen LogP contribution is -2.68. The van der Waals surface area contributed by atoms with Gasteiger partial charge < -0.3 is 18.9 Å². The number of nitrogens with one attached hydrogen (secondary N) is 2. The highest BCUT2D eigenvalue weighted by atomic mass is 32.1. The number of aromatic nitrogens is 3. The Bertz CT molecular complexity index is 2770.